The van der Waals surface area contributed by atoms with Gasteiger partial charge in [0.25, 0.3) is 0 Å². The molecule has 0 heterocycles. The molecule has 0 bridgehead atoms. The van der Waals surface area contributed by atoms with Gasteiger partial charge in [0.15, 0.2) is 9.84 Å². The van der Waals surface area contributed by atoms with E-state index >= 15 is 0 Å². The molecule has 2 aromatic carbocycles. The smallest absolute Gasteiger partial charge is 0.323 e. The lowest BCUT2D eigenvalue weighted by molar-refractivity contribution is -0.115. The normalized spacial score (nSPS) is 14.3. The average Bonchev–Trinajstić information content (AvgIpc) is 3.26. The van der Waals surface area contributed by atoms with E-state index in [1.165, 1.54) is 0 Å². The molecule has 0 saturated heterocycles. The Balaban J connectivity index is 1.56. The quantitative estimate of drug-likeness (QED) is 0.609. The van der Waals surface area contributed by atoms with Crippen molar-refractivity contribution in [3.8, 4) is 0 Å². The minimum absolute atomic E-state index is 0.0789. The Labute approximate surface area is 177 Å². The Hall–Kier alpha value is -2.87. The second-order valence-corrected chi connectivity index (χ2v) is 9.95. The summed E-state index contributed by atoms with van der Waals surface area (Å²) in [6.45, 7) is 1.83. The van der Waals surface area contributed by atoms with Gasteiger partial charge in [-0.3, -0.25) is 4.79 Å². The molecule has 3 amide bonds. The first-order valence-corrected chi connectivity index (χ1v) is 11.8. The third-order valence-electron chi connectivity index (χ3n) is 5.22. The number of sulfone groups is 1. The first kappa shape index (κ1) is 21.8. The number of aryl methyl sites for hydroxylation is 1. The van der Waals surface area contributed by atoms with Crippen LogP contribution in [0.15, 0.2) is 48.5 Å². The Kier molecular flexibility index (Phi) is 7.10. The van der Waals surface area contributed by atoms with E-state index in [1.54, 1.807) is 30.3 Å². The molecule has 0 unspecified atom stereocenters. The molecular formula is C22H27N3O4S. The van der Waals surface area contributed by atoms with Gasteiger partial charge in [0.2, 0.25) is 5.91 Å². The van der Waals surface area contributed by atoms with Crippen molar-refractivity contribution < 1.29 is 18.0 Å². The predicted octanol–water partition coefficient (Wildman–Crippen LogP) is 4.33. The zero-order chi connectivity index (χ0) is 21.6. The van der Waals surface area contributed by atoms with Crippen molar-refractivity contribution in [2.45, 2.75) is 44.3 Å². The molecule has 0 atom stereocenters. The lowest BCUT2D eigenvalue weighted by Gasteiger charge is -2.13. The predicted molar refractivity (Wildman–Crippen MR) is 120 cm³/mol. The van der Waals surface area contributed by atoms with Crippen LogP contribution in [0.25, 0.3) is 0 Å². The van der Waals surface area contributed by atoms with Gasteiger partial charge >= 0.3 is 6.03 Å². The summed E-state index contributed by atoms with van der Waals surface area (Å²) in [5, 5.41) is 7.91. The van der Waals surface area contributed by atoms with Gasteiger partial charge in [0.05, 0.1) is 11.0 Å². The van der Waals surface area contributed by atoms with Gasteiger partial charge in [-0.05, 0) is 49.6 Å². The molecular weight excluding hydrogens is 402 g/mol. The van der Waals surface area contributed by atoms with Crippen molar-refractivity contribution in [2.75, 3.05) is 21.7 Å². The van der Waals surface area contributed by atoms with Crippen LogP contribution >= 0.6 is 0 Å². The summed E-state index contributed by atoms with van der Waals surface area (Å²) in [7, 11) is -3.24. The molecule has 160 valence electrons. The standard InChI is InChI=1S/C22H27N3O4S/c1-16-11-12-18(24-22(27)23-17-7-3-2-4-8-17)15-20(16)25-21(26)13-14-30(28,29)19-9-5-6-10-19/h2-4,7-8,11-12,15,19H,5-6,9-10,13-14H2,1H3,(H,25,26)(H2,23,24,27). The van der Waals surface area contributed by atoms with E-state index in [1.807, 2.05) is 25.1 Å². The van der Waals surface area contributed by atoms with Crippen molar-refractivity contribution in [2.24, 2.45) is 0 Å². The molecule has 3 N–H and O–H groups in total. The molecule has 0 aliphatic heterocycles. The van der Waals surface area contributed by atoms with Crippen molar-refractivity contribution in [3.63, 3.8) is 0 Å². The molecule has 1 aliphatic carbocycles. The number of carbonyl (C=O) groups excluding carboxylic acids is 2. The molecule has 3 rings (SSSR count). The molecule has 0 radical (unpaired) electrons. The summed E-state index contributed by atoms with van der Waals surface area (Å²) < 4.78 is 24.7. The van der Waals surface area contributed by atoms with Crippen LogP contribution < -0.4 is 16.0 Å². The number of anilines is 3. The molecule has 2 aromatic rings. The maximum absolute atomic E-state index is 12.3. The van der Waals surface area contributed by atoms with Gasteiger partial charge in [-0.25, -0.2) is 13.2 Å². The Morgan fingerprint density at radius 1 is 0.933 bits per heavy atom. The van der Waals surface area contributed by atoms with E-state index in [9.17, 15) is 18.0 Å². The zero-order valence-electron chi connectivity index (χ0n) is 17.0. The Morgan fingerprint density at radius 2 is 1.60 bits per heavy atom. The molecule has 0 aromatic heterocycles. The minimum Gasteiger partial charge on any atom is -0.326 e. The number of hydrogen-bond acceptors (Lipinski definition) is 4. The van der Waals surface area contributed by atoms with E-state index in [0.717, 1.165) is 18.4 Å². The highest BCUT2D eigenvalue weighted by Gasteiger charge is 2.28. The van der Waals surface area contributed by atoms with E-state index in [-0.39, 0.29) is 23.3 Å². The summed E-state index contributed by atoms with van der Waals surface area (Å²) in [4.78, 5) is 24.5. The second-order valence-electron chi connectivity index (χ2n) is 7.55. The fourth-order valence-corrected chi connectivity index (χ4v) is 5.37. The molecule has 1 aliphatic rings. The maximum atomic E-state index is 12.3. The van der Waals surface area contributed by atoms with E-state index in [4.69, 9.17) is 0 Å². The number of rotatable bonds is 7. The van der Waals surface area contributed by atoms with E-state index in [0.29, 0.717) is 29.9 Å². The molecule has 0 spiro atoms. The summed E-state index contributed by atoms with van der Waals surface area (Å²) >= 11 is 0. The summed E-state index contributed by atoms with van der Waals surface area (Å²) in [6.07, 6.45) is 3.19. The van der Waals surface area contributed by atoms with Crippen LogP contribution in [0.4, 0.5) is 21.9 Å². The molecule has 7 nitrogen and oxygen atoms in total. The number of hydrogen-bond donors (Lipinski definition) is 3. The lowest BCUT2D eigenvalue weighted by atomic mass is 10.1. The van der Waals surface area contributed by atoms with Gasteiger partial charge in [0, 0.05) is 23.5 Å². The zero-order valence-corrected chi connectivity index (χ0v) is 17.8. The van der Waals surface area contributed by atoms with Crippen LogP contribution in [0, 0.1) is 6.92 Å². The number of nitrogens with one attached hydrogen (secondary N) is 3. The van der Waals surface area contributed by atoms with Gasteiger partial charge < -0.3 is 16.0 Å². The average molecular weight is 430 g/mol. The van der Waals surface area contributed by atoms with Crippen LogP contribution in [0.1, 0.15) is 37.7 Å². The largest absolute Gasteiger partial charge is 0.326 e. The first-order valence-electron chi connectivity index (χ1n) is 10.1. The molecule has 1 saturated carbocycles. The Morgan fingerprint density at radius 3 is 2.30 bits per heavy atom. The van der Waals surface area contributed by atoms with Gasteiger partial charge in [0.1, 0.15) is 0 Å². The topological polar surface area (TPSA) is 104 Å². The number of para-hydroxylation sites is 1. The summed E-state index contributed by atoms with van der Waals surface area (Å²) in [6, 6.07) is 13.8. The maximum Gasteiger partial charge on any atom is 0.323 e. The fourth-order valence-electron chi connectivity index (χ4n) is 3.51. The van der Waals surface area contributed by atoms with Crippen LogP contribution in [0.5, 0.6) is 0 Å². The SMILES string of the molecule is Cc1ccc(NC(=O)Nc2ccccc2)cc1NC(=O)CCS(=O)(=O)C1CCCC1. The van der Waals surface area contributed by atoms with Crippen molar-refractivity contribution >= 4 is 38.8 Å². The highest BCUT2D eigenvalue weighted by molar-refractivity contribution is 7.92. The van der Waals surface area contributed by atoms with Gasteiger partial charge in [-0.15, -0.1) is 0 Å². The number of benzene rings is 2. The third kappa shape index (κ3) is 6.06. The van der Waals surface area contributed by atoms with Crippen LogP contribution in [0.3, 0.4) is 0 Å². The second kappa shape index (κ2) is 9.75. The van der Waals surface area contributed by atoms with Crippen molar-refractivity contribution in [1.29, 1.82) is 0 Å². The van der Waals surface area contributed by atoms with Crippen LogP contribution in [-0.4, -0.2) is 31.4 Å². The monoisotopic (exact) mass is 429 g/mol. The number of urea groups is 1. The number of carbonyl (C=O) groups is 2. The van der Waals surface area contributed by atoms with Gasteiger partial charge in [-0.1, -0.05) is 37.1 Å². The van der Waals surface area contributed by atoms with E-state index < -0.39 is 15.9 Å². The fraction of sp³-hybridized carbons (Fsp3) is 0.364. The highest BCUT2D eigenvalue weighted by atomic mass is 32.2. The first-order chi connectivity index (χ1) is 14.3. The summed E-state index contributed by atoms with van der Waals surface area (Å²) in [5.41, 5.74) is 2.54. The molecule has 30 heavy (non-hydrogen) atoms. The third-order valence-corrected chi connectivity index (χ3v) is 7.49. The van der Waals surface area contributed by atoms with Gasteiger partial charge in [-0.2, -0.15) is 0 Å². The molecule has 1 fully saturated rings. The minimum atomic E-state index is -3.24. The highest BCUT2D eigenvalue weighted by Crippen LogP contribution is 2.26. The van der Waals surface area contributed by atoms with Crippen LogP contribution in [-0.2, 0) is 14.6 Å². The number of amides is 3. The lowest BCUT2D eigenvalue weighted by Crippen LogP contribution is -2.24. The van der Waals surface area contributed by atoms with Crippen LogP contribution in [0.2, 0.25) is 0 Å². The van der Waals surface area contributed by atoms with Crippen molar-refractivity contribution in [3.05, 3.63) is 54.1 Å². The summed E-state index contributed by atoms with van der Waals surface area (Å²) in [5.74, 6) is -0.495. The van der Waals surface area contributed by atoms with Crippen molar-refractivity contribution in [1.82, 2.24) is 0 Å². The van der Waals surface area contributed by atoms with E-state index in [2.05, 4.69) is 16.0 Å². The molecule has 8 heteroatoms. The Bertz CT molecular complexity index is 1000.